The van der Waals surface area contributed by atoms with Gasteiger partial charge in [0.05, 0.1) is 5.02 Å². The van der Waals surface area contributed by atoms with Crippen molar-refractivity contribution in [3.63, 3.8) is 0 Å². The molecule has 2 unspecified atom stereocenters. The van der Waals surface area contributed by atoms with Gasteiger partial charge in [0.1, 0.15) is 11.5 Å². The Morgan fingerprint density at radius 2 is 2.19 bits per heavy atom. The SMILES string of the molecule is NNc1ccc(Cl)c(C(=O)NC2CCN3CCCCC23)n1. The molecule has 1 aromatic heterocycles. The molecule has 0 aliphatic carbocycles. The van der Waals surface area contributed by atoms with Gasteiger partial charge in [-0.3, -0.25) is 9.69 Å². The maximum Gasteiger partial charge on any atom is 0.271 e. The number of amides is 1. The van der Waals surface area contributed by atoms with E-state index in [1.165, 1.54) is 12.8 Å². The molecule has 1 aromatic rings. The standard InChI is InChI=1S/C14H20ClN5O/c15-9-4-5-12(19-16)18-13(9)14(21)17-10-6-8-20-7-2-1-3-11(10)20/h4-5,10-11H,1-3,6-8,16H2,(H,17,21)(H,18,19). The molecule has 4 N–H and O–H groups in total. The Bertz CT molecular complexity index is 538. The van der Waals surface area contributed by atoms with E-state index in [1.54, 1.807) is 12.1 Å². The Morgan fingerprint density at radius 1 is 1.33 bits per heavy atom. The fourth-order valence-corrected chi connectivity index (χ4v) is 3.53. The predicted molar refractivity (Wildman–Crippen MR) is 82.1 cm³/mol. The Kier molecular flexibility index (Phi) is 4.28. The second-order valence-corrected chi connectivity index (χ2v) is 6.05. The van der Waals surface area contributed by atoms with Crippen molar-refractivity contribution >= 4 is 23.3 Å². The smallest absolute Gasteiger partial charge is 0.271 e. The van der Waals surface area contributed by atoms with Crippen molar-refractivity contribution in [1.29, 1.82) is 0 Å². The highest BCUT2D eigenvalue weighted by molar-refractivity contribution is 6.33. The first-order chi connectivity index (χ1) is 10.2. The molecule has 0 bridgehead atoms. The lowest BCUT2D eigenvalue weighted by atomic mass is 9.99. The van der Waals surface area contributed by atoms with Crippen LogP contribution in [0.4, 0.5) is 5.82 Å². The highest BCUT2D eigenvalue weighted by atomic mass is 35.5. The Labute approximate surface area is 129 Å². The maximum absolute atomic E-state index is 12.4. The summed E-state index contributed by atoms with van der Waals surface area (Å²) in [7, 11) is 0. The van der Waals surface area contributed by atoms with E-state index >= 15 is 0 Å². The Balaban J connectivity index is 1.71. The van der Waals surface area contributed by atoms with E-state index in [-0.39, 0.29) is 17.6 Å². The zero-order valence-corrected chi connectivity index (χ0v) is 12.6. The third-order valence-electron chi connectivity index (χ3n) is 4.38. The van der Waals surface area contributed by atoms with Gasteiger partial charge < -0.3 is 10.7 Å². The summed E-state index contributed by atoms with van der Waals surface area (Å²) in [4.78, 5) is 19.0. The van der Waals surface area contributed by atoms with Crippen LogP contribution in [0.2, 0.25) is 5.02 Å². The Morgan fingerprint density at radius 3 is 3.00 bits per heavy atom. The van der Waals surface area contributed by atoms with Gasteiger partial charge in [-0.05, 0) is 37.9 Å². The summed E-state index contributed by atoms with van der Waals surface area (Å²) in [5, 5.41) is 3.43. The molecule has 6 nitrogen and oxygen atoms in total. The van der Waals surface area contributed by atoms with Crippen LogP contribution in [-0.4, -0.2) is 41.0 Å². The van der Waals surface area contributed by atoms with E-state index in [2.05, 4.69) is 20.6 Å². The number of anilines is 1. The third-order valence-corrected chi connectivity index (χ3v) is 4.69. The summed E-state index contributed by atoms with van der Waals surface area (Å²) in [5.41, 5.74) is 2.65. The van der Waals surface area contributed by atoms with Crippen molar-refractivity contribution in [2.75, 3.05) is 18.5 Å². The quantitative estimate of drug-likeness (QED) is 0.580. The number of pyridine rings is 1. The molecule has 2 fully saturated rings. The number of carbonyl (C=O) groups is 1. The fourth-order valence-electron chi connectivity index (χ4n) is 3.33. The van der Waals surface area contributed by atoms with Crippen LogP contribution in [0.1, 0.15) is 36.2 Å². The number of nitrogens with zero attached hydrogens (tertiary/aromatic N) is 2. The number of carbonyl (C=O) groups excluding carboxylic acids is 1. The molecule has 3 heterocycles. The predicted octanol–water partition coefficient (Wildman–Crippen LogP) is 1.38. The molecule has 0 saturated carbocycles. The lowest BCUT2D eigenvalue weighted by Gasteiger charge is -2.32. The van der Waals surface area contributed by atoms with Crippen molar-refractivity contribution in [2.24, 2.45) is 5.84 Å². The van der Waals surface area contributed by atoms with Crippen molar-refractivity contribution in [1.82, 2.24) is 15.2 Å². The van der Waals surface area contributed by atoms with E-state index in [1.807, 2.05) is 0 Å². The molecule has 114 valence electrons. The van der Waals surface area contributed by atoms with Gasteiger partial charge in [-0.25, -0.2) is 10.8 Å². The topological polar surface area (TPSA) is 83.3 Å². The first kappa shape index (κ1) is 14.6. The first-order valence-electron chi connectivity index (χ1n) is 7.37. The number of piperidine rings is 1. The number of aromatic nitrogens is 1. The third kappa shape index (κ3) is 2.97. The summed E-state index contributed by atoms with van der Waals surface area (Å²) in [6.45, 7) is 2.20. The molecule has 21 heavy (non-hydrogen) atoms. The van der Waals surface area contributed by atoms with Crippen LogP contribution in [0.3, 0.4) is 0 Å². The zero-order chi connectivity index (χ0) is 14.8. The molecule has 2 atom stereocenters. The summed E-state index contributed by atoms with van der Waals surface area (Å²) in [6, 6.07) is 3.90. The molecule has 3 rings (SSSR count). The molecule has 0 aromatic carbocycles. The van der Waals surface area contributed by atoms with Crippen LogP contribution in [0.15, 0.2) is 12.1 Å². The van der Waals surface area contributed by atoms with Crippen LogP contribution in [0.25, 0.3) is 0 Å². The van der Waals surface area contributed by atoms with Gasteiger partial charge >= 0.3 is 0 Å². The minimum Gasteiger partial charge on any atom is -0.346 e. The second kappa shape index (κ2) is 6.17. The molecule has 0 spiro atoms. The normalized spacial score (nSPS) is 25.4. The summed E-state index contributed by atoms with van der Waals surface area (Å²) in [6.07, 6.45) is 4.63. The largest absolute Gasteiger partial charge is 0.346 e. The lowest BCUT2D eigenvalue weighted by molar-refractivity contribution is 0.0910. The molecule has 1 amide bonds. The van der Waals surface area contributed by atoms with Crippen LogP contribution in [0.5, 0.6) is 0 Å². The number of nitrogens with two attached hydrogens (primary N) is 1. The number of nitrogens with one attached hydrogen (secondary N) is 2. The Hall–Kier alpha value is -1.37. The van der Waals surface area contributed by atoms with Crippen molar-refractivity contribution in [3.05, 3.63) is 22.8 Å². The number of halogens is 1. The average molecular weight is 310 g/mol. The number of fused-ring (bicyclic) bond motifs is 1. The van der Waals surface area contributed by atoms with Gasteiger partial charge in [-0.1, -0.05) is 18.0 Å². The van der Waals surface area contributed by atoms with Gasteiger partial charge in [0, 0.05) is 18.6 Å². The lowest BCUT2D eigenvalue weighted by Crippen LogP contribution is -2.47. The van der Waals surface area contributed by atoms with E-state index in [0.717, 1.165) is 25.9 Å². The number of rotatable bonds is 3. The fraction of sp³-hybridized carbons (Fsp3) is 0.571. The van der Waals surface area contributed by atoms with Crippen LogP contribution >= 0.6 is 11.6 Å². The minimum absolute atomic E-state index is 0.185. The van der Waals surface area contributed by atoms with Crippen LogP contribution in [-0.2, 0) is 0 Å². The molecule has 0 radical (unpaired) electrons. The maximum atomic E-state index is 12.4. The molecule has 2 aliphatic rings. The van der Waals surface area contributed by atoms with Crippen LogP contribution < -0.4 is 16.6 Å². The number of nitrogen functional groups attached to an aromatic ring is 1. The number of hydrazine groups is 1. The highest BCUT2D eigenvalue weighted by Gasteiger charge is 2.36. The van der Waals surface area contributed by atoms with E-state index < -0.39 is 0 Å². The molecular formula is C14H20ClN5O. The van der Waals surface area contributed by atoms with Gasteiger partial charge in [-0.15, -0.1) is 0 Å². The van der Waals surface area contributed by atoms with Gasteiger partial charge in [0.15, 0.2) is 0 Å². The summed E-state index contributed by atoms with van der Waals surface area (Å²) >= 11 is 6.07. The summed E-state index contributed by atoms with van der Waals surface area (Å²) < 4.78 is 0. The first-order valence-corrected chi connectivity index (χ1v) is 7.75. The van der Waals surface area contributed by atoms with Gasteiger partial charge in [0.2, 0.25) is 0 Å². The highest BCUT2D eigenvalue weighted by Crippen LogP contribution is 2.27. The van der Waals surface area contributed by atoms with E-state index in [9.17, 15) is 4.79 Å². The molecule has 2 saturated heterocycles. The summed E-state index contributed by atoms with van der Waals surface area (Å²) in [5.74, 6) is 5.52. The molecule has 2 aliphatic heterocycles. The van der Waals surface area contributed by atoms with Gasteiger partial charge in [-0.2, -0.15) is 0 Å². The second-order valence-electron chi connectivity index (χ2n) is 5.64. The average Bonchev–Trinajstić information content (AvgIpc) is 2.91. The van der Waals surface area contributed by atoms with Crippen molar-refractivity contribution < 1.29 is 4.79 Å². The van der Waals surface area contributed by atoms with Crippen LogP contribution in [0, 0.1) is 0 Å². The number of hydrogen-bond acceptors (Lipinski definition) is 5. The van der Waals surface area contributed by atoms with Crippen molar-refractivity contribution in [2.45, 2.75) is 37.8 Å². The molecular weight excluding hydrogens is 290 g/mol. The minimum atomic E-state index is -0.227. The van der Waals surface area contributed by atoms with Crippen molar-refractivity contribution in [3.8, 4) is 0 Å². The monoisotopic (exact) mass is 309 g/mol. The van der Waals surface area contributed by atoms with E-state index in [0.29, 0.717) is 16.9 Å². The number of hydrogen-bond donors (Lipinski definition) is 3. The molecule has 7 heteroatoms. The van der Waals surface area contributed by atoms with Gasteiger partial charge in [0.25, 0.3) is 5.91 Å². The zero-order valence-electron chi connectivity index (χ0n) is 11.8. The van der Waals surface area contributed by atoms with E-state index in [4.69, 9.17) is 17.4 Å².